The van der Waals surface area contributed by atoms with E-state index in [0.717, 1.165) is 6.42 Å². The zero-order chi connectivity index (χ0) is 20.5. The number of carbonyl (C=O) groups is 1. The highest BCUT2D eigenvalue weighted by molar-refractivity contribution is 9.10. The Bertz CT molecular complexity index is 822. The maximum atomic E-state index is 11.9. The molecule has 0 saturated heterocycles. The summed E-state index contributed by atoms with van der Waals surface area (Å²) in [5.74, 6) is 1.12. The number of phenols is 1. The number of rotatable bonds is 9. The van der Waals surface area contributed by atoms with E-state index in [4.69, 9.17) is 9.47 Å². The van der Waals surface area contributed by atoms with Crippen molar-refractivity contribution in [3.05, 3.63) is 52.0 Å². The van der Waals surface area contributed by atoms with E-state index in [2.05, 4.69) is 40.3 Å². The van der Waals surface area contributed by atoms with Gasteiger partial charge in [0, 0.05) is 0 Å². The molecule has 0 bridgehead atoms. The maximum Gasteiger partial charge on any atom is 0.277 e. The molecule has 0 fully saturated rings. The van der Waals surface area contributed by atoms with Gasteiger partial charge in [-0.2, -0.15) is 5.10 Å². The molecule has 1 amide bonds. The number of hydrogen-bond acceptors (Lipinski definition) is 5. The number of nitrogens with zero attached hydrogens (tertiary/aromatic N) is 1. The fraction of sp³-hybridized carbons (Fsp3) is 0.333. The number of nitrogens with one attached hydrogen (secondary N) is 1. The van der Waals surface area contributed by atoms with Gasteiger partial charge in [0.05, 0.1) is 17.3 Å². The SMILES string of the molecule is CCOc1cc(/C=N/NC(=O)COc2ccc([C@@H](C)CC)cc2)cc(Br)c1O. The van der Waals surface area contributed by atoms with Gasteiger partial charge in [0.15, 0.2) is 18.1 Å². The average Bonchev–Trinajstić information content (AvgIpc) is 2.70. The van der Waals surface area contributed by atoms with Crippen LogP contribution in [0, 0.1) is 0 Å². The van der Waals surface area contributed by atoms with E-state index < -0.39 is 0 Å². The average molecular weight is 449 g/mol. The minimum atomic E-state index is -0.370. The molecule has 2 aromatic carbocycles. The number of carbonyl (C=O) groups excluding carboxylic acids is 1. The fourth-order valence-corrected chi connectivity index (χ4v) is 2.88. The van der Waals surface area contributed by atoms with Crippen molar-refractivity contribution in [2.24, 2.45) is 5.10 Å². The van der Waals surface area contributed by atoms with Gasteiger partial charge in [-0.15, -0.1) is 0 Å². The van der Waals surface area contributed by atoms with Crippen molar-refractivity contribution in [3.63, 3.8) is 0 Å². The number of hydrogen-bond donors (Lipinski definition) is 2. The lowest BCUT2D eigenvalue weighted by atomic mass is 9.99. The number of benzene rings is 2. The second-order valence-electron chi connectivity index (χ2n) is 6.24. The molecule has 0 saturated carbocycles. The van der Waals surface area contributed by atoms with E-state index in [0.29, 0.717) is 34.1 Å². The Morgan fingerprint density at radius 1 is 1.25 bits per heavy atom. The van der Waals surface area contributed by atoms with E-state index in [9.17, 15) is 9.90 Å². The van der Waals surface area contributed by atoms with Gasteiger partial charge in [-0.25, -0.2) is 5.43 Å². The van der Waals surface area contributed by atoms with E-state index in [1.807, 2.05) is 31.2 Å². The summed E-state index contributed by atoms with van der Waals surface area (Å²) in [5, 5.41) is 13.8. The molecule has 0 unspecified atom stereocenters. The summed E-state index contributed by atoms with van der Waals surface area (Å²) in [5.41, 5.74) is 4.32. The lowest BCUT2D eigenvalue weighted by molar-refractivity contribution is -0.123. The van der Waals surface area contributed by atoms with Crippen molar-refractivity contribution in [3.8, 4) is 17.2 Å². The van der Waals surface area contributed by atoms with Crippen molar-refractivity contribution in [1.82, 2.24) is 5.43 Å². The fourth-order valence-electron chi connectivity index (χ4n) is 2.42. The summed E-state index contributed by atoms with van der Waals surface area (Å²) in [6.07, 6.45) is 2.54. The van der Waals surface area contributed by atoms with Gasteiger partial charge in [-0.1, -0.05) is 26.0 Å². The zero-order valence-electron chi connectivity index (χ0n) is 16.2. The standard InChI is InChI=1S/C21H25BrN2O4/c1-4-14(3)16-6-8-17(9-7-16)28-13-20(25)24-23-12-15-10-18(22)21(26)19(11-15)27-5-2/h6-12,14,26H,4-5,13H2,1-3H3,(H,24,25)/b23-12+/t14-/m0/s1. The van der Waals surface area contributed by atoms with Crippen LogP contribution in [0.3, 0.4) is 0 Å². The summed E-state index contributed by atoms with van der Waals surface area (Å²) in [6.45, 7) is 6.43. The van der Waals surface area contributed by atoms with Gasteiger partial charge in [0.25, 0.3) is 5.91 Å². The van der Waals surface area contributed by atoms with Crippen LogP contribution >= 0.6 is 15.9 Å². The largest absolute Gasteiger partial charge is 0.503 e. The molecule has 7 heteroatoms. The van der Waals surface area contributed by atoms with Crippen molar-refractivity contribution >= 4 is 28.1 Å². The molecule has 1 atom stereocenters. The number of ether oxygens (including phenoxy) is 2. The predicted octanol–water partition coefficient (Wildman–Crippen LogP) is 4.60. The van der Waals surface area contributed by atoms with Crippen LogP contribution in [0.15, 0.2) is 46.0 Å². The van der Waals surface area contributed by atoms with Gasteiger partial charge < -0.3 is 14.6 Å². The van der Waals surface area contributed by atoms with Crippen LogP contribution in [-0.4, -0.2) is 30.4 Å². The third-order valence-corrected chi connectivity index (χ3v) is 4.79. The third kappa shape index (κ3) is 6.27. The van der Waals surface area contributed by atoms with Gasteiger partial charge in [0.2, 0.25) is 0 Å². The Balaban J connectivity index is 1.87. The Morgan fingerprint density at radius 3 is 2.61 bits per heavy atom. The molecule has 0 aliphatic carbocycles. The summed E-state index contributed by atoms with van der Waals surface area (Å²) in [7, 11) is 0. The second kappa shape index (κ2) is 10.7. The summed E-state index contributed by atoms with van der Waals surface area (Å²) in [6, 6.07) is 11.1. The van der Waals surface area contributed by atoms with E-state index >= 15 is 0 Å². The first-order chi connectivity index (χ1) is 13.4. The highest BCUT2D eigenvalue weighted by Crippen LogP contribution is 2.35. The highest BCUT2D eigenvalue weighted by atomic mass is 79.9. The third-order valence-electron chi connectivity index (χ3n) is 4.18. The van der Waals surface area contributed by atoms with Gasteiger partial charge in [-0.05, 0) is 70.6 Å². The molecule has 2 aromatic rings. The molecule has 150 valence electrons. The van der Waals surface area contributed by atoms with Crippen LogP contribution in [0.2, 0.25) is 0 Å². The van der Waals surface area contributed by atoms with Crippen LogP contribution in [0.1, 0.15) is 44.2 Å². The predicted molar refractivity (Wildman–Crippen MR) is 113 cm³/mol. The van der Waals surface area contributed by atoms with E-state index in [1.54, 1.807) is 12.1 Å². The summed E-state index contributed by atoms with van der Waals surface area (Å²) in [4.78, 5) is 11.9. The highest BCUT2D eigenvalue weighted by Gasteiger charge is 2.09. The topological polar surface area (TPSA) is 80.2 Å². The quantitative estimate of drug-likeness (QED) is 0.433. The Hall–Kier alpha value is -2.54. The number of aromatic hydroxyl groups is 1. The molecule has 2 N–H and O–H groups in total. The minimum Gasteiger partial charge on any atom is -0.503 e. The molecular formula is C21H25BrN2O4. The molecule has 0 radical (unpaired) electrons. The molecule has 0 spiro atoms. The first kappa shape index (κ1) is 21.8. The Kier molecular flexibility index (Phi) is 8.32. The molecule has 28 heavy (non-hydrogen) atoms. The molecule has 0 aliphatic rings. The Labute approximate surface area is 173 Å². The van der Waals surface area contributed by atoms with Crippen LogP contribution in [0.4, 0.5) is 0 Å². The summed E-state index contributed by atoms with van der Waals surface area (Å²) >= 11 is 3.26. The molecule has 0 heterocycles. The summed E-state index contributed by atoms with van der Waals surface area (Å²) < 4.78 is 11.3. The zero-order valence-corrected chi connectivity index (χ0v) is 17.8. The number of amides is 1. The molecule has 6 nitrogen and oxygen atoms in total. The van der Waals surface area contributed by atoms with Crippen molar-refractivity contribution in [2.75, 3.05) is 13.2 Å². The second-order valence-corrected chi connectivity index (χ2v) is 7.10. The van der Waals surface area contributed by atoms with Crippen molar-refractivity contribution in [1.29, 1.82) is 0 Å². The molecule has 2 rings (SSSR count). The van der Waals surface area contributed by atoms with Crippen LogP contribution in [0.5, 0.6) is 17.2 Å². The first-order valence-corrected chi connectivity index (χ1v) is 9.93. The van der Waals surface area contributed by atoms with E-state index in [-0.39, 0.29) is 18.3 Å². The number of phenolic OH excluding ortho intramolecular Hbond substituents is 1. The van der Waals surface area contributed by atoms with Crippen molar-refractivity contribution < 1.29 is 19.4 Å². The maximum absolute atomic E-state index is 11.9. The molecular weight excluding hydrogens is 424 g/mol. The normalized spacial score (nSPS) is 12.0. The Morgan fingerprint density at radius 2 is 1.96 bits per heavy atom. The smallest absolute Gasteiger partial charge is 0.277 e. The molecule has 0 aliphatic heterocycles. The van der Waals surface area contributed by atoms with Crippen LogP contribution in [0.25, 0.3) is 0 Å². The number of hydrazone groups is 1. The van der Waals surface area contributed by atoms with Gasteiger partial charge in [-0.3, -0.25) is 4.79 Å². The lowest BCUT2D eigenvalue weighted by Crippen LogP contribution is -2.24. The lowest BCUT2D eigenvalue weighted by Gasteiger charge is -2.10. The first-order valence-electron chi connectivity index (χ1n) is 9.14. The monoisotopic (exact) mass is 448 g/mol. The molecule has 0 aromatic heterocycles. The van der Waals surface area contributed by atoms with Crippen LogP contribution < -0.4 is 14.9 Å². The van der Waals surface area contributed by atoms with Gasteiger partial charge in [0.1, 0.15) is 5.75 Å². The van der Waals surface area contributed by atoms with Crippen LogP contribution in [-0.2, 0) is 4.79 Å². The van der Waals surface area contributed by atoms with Gasteiger partial charge >= 0.3 is 0 Å². The number of halogens is 1. The van der Waals surface area contributed by atoms with Crippen molar-refractivity contribution in [2.45, 2.75) is 33.1 Å². The van der Waals surface area contributed by atoms with E-state index in [1.165, 1.54) is 11.8 Å². The minimum absolute atomic E-state index is 0.0239.